The van der Waals surface area contributed by atoms with Crippen LogP contribution in [-0.4, -0.2) is 35.5 Å². The van der Waals surface area contributed by atoms with Gasteiger partial charge in [-0.25, -0.2) is 9.59 Å². The number of ether oxygens (including phenoxy) is 2. The van der Waals surface area contributed by atoms with Crippen LogP contribution >= 0.6 is 11.3 Å². The minimum atomic E-state index is -1.04. The number of carbonyl (C=O) groups excluding carboxylic acids is 3. The maximum atomic E-state index is 12.8. The largest absolute Gasteiger partial charge is 0.462 e. The number of hydrogen-bond donors (Lipinski definition) is 1. The number of anilines is 1. The lowest BCUT2D eigenvalue weighted by Gasteiger charge is -2.33. The molecule has 3 rings (SSSR count). The predicted molar refractivity (Wildman–Crippen MR) is 123 cm³/mol. The van der Waals surface area contributed by atoms with Crippen LogP contribution in [-0.2, 0) is 27.1 Å². The van der Waals surface area contributed by atoms with Crippen molar-refractivity contribution in [2.75, 3.05) is 11.9 Å². The molecule has 2 heterocycles. The molecule has 0 saturated carbocycles. The second kappa shape index (κ2) is 9.81. The van der Waals surface area contributed by atoms with Gasteiger partial charge in [0.25, 0.3) is 5.91 Å². The Bertz CT molecular complexity index is 994. The van der Waals surface area contributed by atoms with Gasteiger partial charge in [-0.1, -0.05) is 20.8 Å². The zero-order valence-corrected chi connectivity index (χ0v) is 20.0. The number of carbonyl (C=O) groups is 3. The van der Waals surface area contributed by atoms with Crippen molar-refractivity contribution in [3.63, 3.8) is 0 Å². The highest BCUT2D eigenvalue weighted by Gasteiger charge is 2.35. The van der Waals surface area contributed by atoms with E-state index in [9.17, 15) is 14.4 Å². The van der Waals surface area contributed by atoms with E-state index in [1.807, 2.05) is 0 Å². The molecule has 2 aromatic heterocycles. The van der Waals surface area contributed by atoms with E-state index in [4.69, 9.17) is 9.47 Å². The van der Waals surface area contributed by atoms with E-state index in [1.165, 1.54) is 24.5 Å². The molecule has 0 aliphatic heterocycles. The summed E-state index contributed by atoms with van der Waals surface area (Å²) in [5.41, 5.74) is 1.81. The van der Waals surface area contributed by atoms with Crippen molar-refractivity contribution in [3.8, 4) is 0 Å². The van der Waals surface area contributed by atoms with Crippen molar-refractivity contribution in [2.45, 2.75) is 60.0 Å². The first-order chi connectivity index (χ1) is 15.1. The van der Waals surface area contributed by atoms with E-state index >= 15 is 0 Å². The summed E-state index contributed by atoms with van der Waals surface area (Å²) in [7, 11) is 0. The zero-order chi connectivity index (χ0) is 23.5. The molecule has 2 unspecified atom stereocenters. The number of aromatic nitrogens is 1. The van der Waals surface area contributed by atoms with Crippen molar-refractivity contribution in [3.05, 3.63) is 46.1 Å². The highest BCUT2D eigenvalue weighted by atomic mass is 32.1. The molecule has 2 aromatic rings. The number of esters is 2. The molecule has 0 fully saturated rings. The number of fused-ring (bicyclic) bond motifs is 1. The van der Waals surface area contributed by atoms with E-state index < -0.39 is 23.9 Å². The Morgan fingerprint density at radius 1 is 1.28 bits per heavy atom. The number of amides is 1. The fourth-order valence-corrected chi connectivity index (χ4v) is 5.13. The minimum Gasteiger partial charge on any atom is -0.462 e. The summed E-state index contributed by atoms with van der Waals surface area (Å²) in [5, 5.41) is 3.26. The molecule has 0 spiro atoms. The van der Waals surface area contributed by atoms with Crippen LogP contribution in [0.15, 0.2) is 24.5 Å². The van der Waals surface area contributed by atoms with Crippen molar-refractivity contribution in [2.24, 2.45) is 11.3 Å². The fourth-order valence-electron chi connectivity index (χ4n) is 3.81. The molecular weight excluding hydrogens is 428 g/mol. The van der Waals surface area contributed by atoms with Crippen molar-refractivity contribution in [1.29, 1.82) is 0 Å². The lowest BCUT2D eigenvalue weighted by atomic mass is 9.72. The maximum Gasteiger partial charge on any atom is 0.341 e. The second-order valence-electron chi connectivity index (χ2n) is 9.01. The van der Waals surface area contributed by atoms with Crippen LogP contribution in [0.2, 0.25) is 0 Å². The molecule has 8 heteroatoms. The summed E-state index contributed by atoms with van der Waals surface area (Å²) >= 11 is 1.41. The van der Waals surface area contributed by atoms with Gasteiger partial charge in [0, 0.05) is 17.3 Å². The van der Waals surface area contributed by atoms with E-state index in [-0.39, 0.29) is 17.6 Å². The van der Waals surface area contributed by atoms with E-state index in [1.54, 1.807) is 25.3 Å². The van der Waals surface area contributed by atoms with Crippen LogP contribution in [0.3, 0.4) is 0 Å². The van der Waals surface area contributed by atoms with Gasteiger partial charge in [0.05, 0.1) is 17.7 Å². The number of pyridine rings is 1. The first kappa shape index (κ1) is 23.9. The molecule has 0 radical (unpaired) electrons. The first-order valence-electron chi connectivity index (χ1n) is 10.8. The smallest absolute Gasteiger partial charge is 0.341 e. The average Bonchev–Trinajstić information content (AvgIpc) is 3.10. The summed E-state index contributed by atoms with van der Waals surface area (Å²) in [4.78, 5) is 42.8. The average molecular weight is 459 g/mol. The van der Waals surface area contributed by atoms with Gasteiger partial charge in [0.2, 0.25) is 0 Å². The predicted octanol–water partition coefficient (Wildman–Crippen LogP) is 4.65. The van der Waals surface area contributed by atoms with E-state index in [0.717, 1.165) is 29.7 Å². The van der Waals surface area contributed by atoms with Gasteiger partial charge in [-0.05, 0) is 62.1 Å². The van der Waals surface area contributed by atoms with Crippen molar-refractivity contribution < 1.29 is 23.9 Å². The summed E-state index contributed by atoms with van der Waals surface area (Å²) in [6, 6.07) is 3.19. The maximum absolute atomic E-state index is 12.8. The molecule has 2 atom stereocenters. The number of nitrogens with one attached hydrogen (secondary N) is 1. The van der Waals surface area contributed by atoms with Crippen molar-refractivity contribution in [1.82, 2.24) is 4.98 Å². The monoisotopic (exact) mass is 458 g/mol. The van der Waals surface area contributed by atoms with Gasteiger partial charge < -0.3 is 14.8 Å². The number of thiophene rings is 1. The molecular formula is C24H30N2O5S. The third kappa shape index (κ3) is 5.35. The standard InChI is InChI=1S/C24H30N2O5S/c1-6-30-23(29)19-17-10-9-16(24(3,4)5)12-18(17)32-21(19)26-20(27)14(2)31-22(28)15-8-7-11-25-13-15/h7-8,11,13-14,16H,6,9-10,12H2,1-5H3,(H,26,27). The third-order valence-electron chi connectivity index (χ3n) is 5.76. The van der Waals surface area contributed by atoms with Gasteiger partial charge in [-0.2, -0.15) is 0 Å². The Hall–Kier alpha value is -2.74. The Balaban J connectivity index is 1.80. The van der Waals surface area contributed by atoms with Gasteiger partial charge in [-0.15, -0.1) is 11.3 Å². The van der Waals surface area contributed by atoms with E-state index in [0.29, 0.717) is 16.5 Å². The van der Waals surface area contributed by atoms with Gasteiger partial charge in [0.15, 0.2) is 6.10 Å². The molecule has 1 aliphatic carbocycles. The normalized spacial score (nSPS) is 16.6. The molecule has 7 nitrogen and oxygen atoms in total. The highest BCUT2D eigenvalue weighted by molar-refractivity contribution is 7.17. The molecule has 172 valence electrons. The number of hydrogen-bond acceptors (Lipinski definition) is 7. The van der Waals surface area contributed by atoms with Gasteiger partial charge in [-0.3, -0.25) is 9.78 Å². The van der Waals surface area contributed by atoms with Crippen LogP contribution in [0, 0.1) is 11.3 Å². The van der Waals surface area contributed by atoms with Crippen molar-refractivity contribution >= 4 is 34.2 Å². The van der Waals surface area contributed by atoms with E-state index in [2.05, 4.69) is 31.1 Å². The van der Waals surface area contributed by atoms with Gasteiger partial charge >= 0.3 is 11.9 Å². The summed E-state index contributed by atoms with van der Waals surface area (Å²) in [6.07, 6.45) is 4.49. The Morgan fingerprint density at radius 3 is 2.66 bits per heavy atom. The molecule has 1 N–H and O–H groups in total. The second-order valence-corrected chi connectivity index (χ2v) is 10.1. The van der Waals surface area contributed by atoms with Crippen LogP contribution in [0.4, 0.5) is 5.00 Å². The lowest BCUT2D eigenvalue weighted by molar-refractivity contribution is -0.123. The molecule has 1 aliphatic rings. The molecule has 32 heavy (non-hydrogen) atoms. The fraction of sp³-hybridized carbons (Fsp3) is 0.500. The van der Waals surface area contributed by atoms with Crippen LogP contribution in [0.1, 0.15) is 72.2 Å². The summed E-state index contributed by atoms with van der Waals surface area (Å²) in [6.45, 7) is 10.2. The highest BCUT2D eigenvalue weighted by Crippen LogP contribution is 2.44. The zero-order valence-electron chi connectivity index (χ0n) is 19.2. The first-order valence-corrected chi connectivity index (χ1v) is 11.7. The summed E-state index contributed by atoms with van der Waals surface area (Å²) in [5.74, 6) is -1.08. The molecule has 0 bridgehead atoms. The van der Waals surface area contributed by atoms with Crippen LogP contribution in [0.25, 0.3) is 0 Å². The Morgan fingerprint density at radius 2 is 2.03 bits per heavy atom. The molecule has 0 aromatic carbocycles. The molecule has 0 saturated heterocycles. The topological polar surface area (TPSA) is 94.6 Å². The molecule has 1 amide bonds. The third-order valence-corrected chi connectivity index (χ3v) is 6.93. The Labute approximate surface area is 192 Å². The number of nitrogens with zero attached hydrogens (tertiary/aromatic N) is 1. The number of rotatable bonds is 6. The Kier molecular flexibility index (Phi) is 7.33. The summed E-state index contributed by atoms with van der Waals surface area (Å²) < 4.78 is 10.6. The lowest BCUT2D eigenvalue weighted by Crippen LogP contribution is -2.30. The SMILES string of the molecule is CCOC(=O)c1c(NC(=O)C(C)OC(=O)c2cccnc2)sc2c1CCC(C(C)(C)C)C2. The van der Waals surface area contributed by atoms with Crippen LogP contribution < -0.4 is 5.32 Å². The minimum absolute atomic E-state index is 0.157. The van der Waals surface area contributed by atoms with Crippen LogP contribution in [0.5, 0.6) is 0 Å². The quantitative estimate of drug-likeness (QED) is 0.633. The van der Waals surface area contributed by atoms with Gasteiger partial charge in [0.1, 0.15) is 5.00 Å².